The molecule has 1 aromatic carbocycles. The first-order valence-electron chi connectivity index (χ1n) is 8.53. The van der Waals surface area contributed by atoms with E-state index >= 15 is 0 Å². The summed E-state index contributed by atoms with van der Waals surface area (Å²) in [5, 5.41) is 23.5. The number of benzene rings is 1. The molecular formula is C17H23N5O2. The summed E-state index contributed by atoms with van der Waals surface area (Å²) in [5.74, 6) is 0.339. The topological polar surface area (TPSA) is 92.9 Å². The van der Waals surface area contributed by atoms with Crippen LogP contribution in [0.15, 0.2) is 30.6 Å². The number of aliphatic hydroxyl groups is 1. The third kappa shape index (κ3) is 3.97. The molecule has 0 aliphatic heterocycles. The fourth-order valence-corrected chi connectivity index (χ4v) is 3.42. The Morgan fingerprint density at radius 2 is 2.17 bits per heavy atom. The van der Waals surface area contributed by atoms with Crippen LogP contribution in [0.1, 0.15) is 48.9 Å². The molecule has 128 valence electrons. The van der Waals surface area contributed by atoms with Gasteiger partial charge in [0.15, 0.2) is 0 Å². The average molecular weight is 329 g/mol. The minimum Gasteiger partial charge on any atom is -0.396 e. The first-order valence-corrected chi connectivity index (χ1v) is 8.53. The summed E-state index contributed by atoms with van der Waals surface area (Å²) in [5.41, 5.74) is 1.31. The van der Waals surface area contributed by atoms with Crippen LogP contribution in [0, 0.1) is 5.92 Å². The maximum absolute atomic E-state index is 12.6. The SMILES string of the molecule is O=C(NC(CCO)C1CCCCC1)c1cccc(-n2cnnn2)c1. The molecule has 0 saturated heterocycles. The van der Waals surface area contributed by atoms with Crippen molar-refractivity contribution in [3.8, 4) is 5.69 Å². The van der Waals surface area contributed by atoms with Crippen molar-refractivity contribution in [1.29, 1.82) is 0 Å². The molecule has 1 amide bonds. The fourth-order valence-electron chi connectivity index (χ4n) is 3.42. The van der Waals surface area contributed by atoms with Crippen LogP contribution >= 0.6 is 0 Å². The van der Waals surface area contributed by atoms with Crippen LogP contribution in [0.2, 0.25) is 0 Å². The van der Waals surface area contributed by atoms with Crippen molar-refractivity contribution in [3.05, 3.63) is 36.2 Å². The number of aromatic nitrogens is 4. The van der Waals surface area contributed by atoms with E-state index in [1.165, 1.54) is 30.3 Å². The molecule has 1 saturated carbocycles. The lowest BCUT2D eigenvalue weighted by Gasteiger charge is -2.30. The van der Waals surface area contributed by atoms with Crippen molar-refractivity contribution in [2.45, 2.75) is 44.6 Å². The van der Waals surface area contributed by atoms with Gasteiger partial charge in [-0.05, 0) is 53.8 Å². The largest absolute Gasteiger partial charge is 0.396 e. The van der Waals surface area contributed by atoms with Gasteiger partial charge in [-0.15, -0.1) is 5.10 Å². The van der Waals surface area contributed by atoms with Gasteiger partial charge in [-0.25, -0.2) is 4.68 Å². The van der Waals surface area contributed by atoms with E-state index in [9.17, 15) is 9.90 Å². The van der Waals surface area contributed by atoms with Gasteiger partial charge in [0.25, 0.3) is 5.91 Å². The standard InChI is InChI=1S/C17H23N5O2/c23-10-9-16(13-5-2-1-3-6-13)19-17(24)14-7-4-8-15(11-14)22-12-18-20-21-22/h4,7-8,11-13,16,23H,1-3,5-6,9-10H2,(H,19,24). The number of hydrogen-bond acceptors (Lipinski definition) is 5. The fraction of sp³-hybridized carbons (Fsp3) is 0.529. The smallest absolute Gasteiger partial charge is 0.251 e. The number of amides is 1. The maximum atomic E-state index is 12.6. The van der Waals surface area contributed by atoms with Crippen LogP contribution in [-0.4, -0.2) is 43.9 Å². The molecule has 1 aliphatic carbocycles. The van der Waals surface area contributed by atoms with Crippen molar-refractivity contribution >= 4 is 5.91 Å². The van der Waals surface area contributed by atoms with E-state index in [2.05, 4.69) is 20.8 Å². The number of carbonyl (C=O) groups excluding carboxylic acids is 1. The van der Waals surface area contributed by atoms with Crippen molar-refractivity contribution in [2.24, 2.45) is 5.92 Å². The number of rotatable bonds is 6. The maximum Gasteiger partial charge on any atom is 0.251 e. The van der Waals surface area contributed by atoms with Crippen LogP contribution in [0.4, 0.5) is 0 Å². The van der Waals surface area contributed by atoms with Crippen molar-refractivity contribution in [2.75, 3.05) is 6.61 Å². The highest BCUT2D eigenvalue weighted by molar-refractivity contribution is 5.94. The minimum absolute atomic E-state index is 0.0273. The molecule has 2 N–H and O–H groups in total. The molecule has 1 aliphatic rings. The number of carbonyl (C=O) groups is 1. The van der Waals surface area contributed by atoms with Crippen LogP contribution in [0.5, 0.6) is 0 Å². The summed E-state index contributed by atoms with van der Waals surface area (Å²) >= 11 is 0. The molecular weight excluding hydrogens is 306 g/mol. The first-order chi connectivity index (χ1) is 11.8. The van der Waals surface area contributed by atoms with Crippen molar-refractivity contribution < 1.29 is 9.90 Å². The van der Waals surface area contributed by atoms with Crippen LogP contribution in [0.3, 0.4) is 0 Å². The van der Waals surface area contributed by atoms with E-state index in [1.54, 1.807) is 12.1 Å². The number of nitrogens with one attached hydrogen (secondary N) is 1. The summed E-state index contributed by atoms with van der Waals surface area (Å²) in [6.45, 7) is 0.0894. The van der Waals surface area contributed by atoms with Gasteiger partial charge in [0.2, 0.25) is 0 Å². The third-order valence-electron chi connectivity index (χ3n) is 4.70. The van der Waals surface area contributed by atoms with Gasteiger partial charge in [0.1, 0.15) is 6.33 Å². The predicted molar refractivity (Wildman–Crippen MR) is 88.7 cm³/mol. The quantitative estimate of drug-likeness (QED) is 0.842. The molecule has 1 heterocycles. The Morgan fingerprint density at radius 1 is 1.33 bits per heavy atom. The molecule has 1 fully saturated rings. The van der Waals surface area contributed by atoms with Crippen LogP contribution < -0.4 is 5.32 Å². The van der Waals surface area contributed by atoms with Gasteiger partial charge in [0, 0.05) is 18.2 Å². The summed E-state index contributed by atoms with van der Waals surface area (Å²) < 4.78 is 1.52. The molecule has 2 aromatic rings. The lowest BCUT2D eigenvalue weighted by Crippen LogP contribution is -2.41. The molecule has 3 rings (SSSR count). The number of nitrogens with zero attached hydrogens (tertiary/aromatic N) is 4. The highest BCUT2D eigenvalue weighted by atomic mass is 16.3. The third-order valence-corrected chi connectivity index (χ3v) is 4.70. The Hall–Kier alpha value is -2.28. The molecule has 1 unspecified atom stereocenters. The second-order valence-electron chi connectivity index (χ2n) is 6.30. The monoisotopic (exact) mass is 329 g/mol. The summed E-state index contributed by atoms with van der Waals surface area (Å²) in [6.07, 6.45) is 8.01. The summed E-state index contributed by atoms with van der Waals surface area (Å²) in [6, 6.07) is 7.23. The zero-order valence-corrected chi connectivity index (χ0v) is 13.6. The van der Waals surface area contributed by atoms with E-state index in [0.29, 0.717) is 17.9 Å². The van der Waals surface area contributed by atoms with E-state index in [4.69, 9.17) is 0 Å². The van der Waals surface area contributed by atoms with Gasteiger partial charge in [-0.2, -0.15) is 0 Å². The molecule has 7 heteroatoms. The second-order valence-corrected chi connectivity index (χ2v) is 6.30. The molecule has 0 spiro atoms. The van der Waals surface area contributed by atoms with E-state index in [0.717, 1.165) is 18.5 Å². The highest BCUT2D eigenvalue weighted by Crippen LogP contribution is 2.28. The number of tetrazole rings is 1. The Bertz CT molecular complexity index is 653. The molecule has 24 heavy (non-hydrogen) atoms. The molecule has 1 aromatic heterocycles. The molecule has 0 radical (unpaired) electrons. The van der Waals surface area contributed by atoms with Crippen molar-refractivity contribution in [3.63, 3.8) is 0 Å². The lowest BCUT2D eigenvalue weighted by atomic mass is 9.82. The van der Waals surface area contributed by atoms with Gasteiger partial charge >= 0.3 is 0 Å². The van der Waals surface area contributed by atoms with E-state index in [1.807, 2.05) is 12.1 Å². The van der Waals surface area contributed by atoms with Gasteiger partial charge < -0.3 is 10.4 Å². The van der Waals surface area contributed by atoms with Gasteiger partial charge in [-0.1, -0.05) is 25.3 Å². The Labute approximate surface area is 141 Å². The predicted octanol–water partition coefficient (Wildman–Crippen LogP) is 1.72. The Morgan fingerprint density at radius 3 is 2.88 bits per heavy atom. The van der Waals surface area contributed by atoms with Gasteiger partial charge in [0.05, 0.1) is 5.69 Å². The Balaban J connectivity index is 1.71. The average Bonchev–Trinajstić information content (AvgIpc) is 3.17. The van der Waals surface area contributed by atoms with Crippen LogP contribution in [0.25, 0.3) is 5.69 Å². The van der Waals surface area contributed by atoms with Gasteiger partial charge in [-0.3, -0.25) is 4.79 Å². The van der Waals surface area contributed by atoms with Crippen LogP contribution in [-0.2, 0) is 0 Å². The molecule has 0 bridgehead atoms. The van der Waals surface area contributed by atoms with E-state index in [-0.39, 0.29) is 18.6 Å². The van der Waals surface area contributed by atoms with Crippen molar-refractivity contribution in [1.82, 2.24) is 25.5 Å². The first kappa shape index (κ1) is 16.6. The Kier molecular flexibility index (Phi) is 5.53. The summed E-state index contributed by atoms with van der Waals surface area (Å²) in [7, 11) is 0. The lowest BCUT2D eigenvalue weighted by molar-refractivity contribution is 0.0899. The number of hydrogen-bond donors (Lipinski definition) is 2. The zero-order valence-electron chi connectivity index (χ0n) is 13.6. The van der Waals surface area contributed by atoms with E-state index < -0.39 is 0 Å². The minimum atomic E-state index is -0.117. The summed E-state index contributed by atoms with van der Waals surface area (Å²) in [4.78, 5) is 12.6. The highest BCUT2D eigenvalue weighted by Gasteiger charge is 2.25. The zero-order chi connectivity index (χ0) is 16.8. The molecule has 1 atom stereocenters. The second kappa shape index (κ2) is 8.01. The normalized spacial score (nSPS) is 16.7. The molecule has 7 nitrogen and oxygen atoms in total. The number of aliphatic hydroxyl groups excluding tert-OH is 1.